The maximum absolute atomic E-state index is 12.5. The average molecular weight is 437 g/mol. The van der Waals surface area contributed by atoms with Crippen LogP contribution in [0.15, 0.2) is 42.6 Å². The maximum atomic E-state index is 12.5. The van der Waals surface area contributed by atoms with Gasteiger partial charge in [0.25, 0.3) is 0 Å². The Hall–Kier alpha value is -3.59. The van der Waals surface area contributed by atoms with Crippen molar-refractivity contribution in [1.29, 1.82) is 0 Å². The Balaban J connectivity index is 1.46. The maximum Gasteiger partial charge on any atom is 0.409 e. The Labute approximate surface area is 187 Å². The molecule has 1 saturated heterocycles. The molecular weight excluding hydrogens is 408 g/mol. The van der Waals surface area contributed by atoms with Gasteiger partial charge < -0.3 is 24.8 Å². The van der Waals surface area contributed by atoms with Crippen LogP contribution in [-0.4, -0.2) is 64.8 Å². The molecule has 0 atom stereocenters. The fraction of sp³-hybridized carbons (Fsp3) is 0.348. The molecule has 0 radical (unpaired) electrons. The number of ether oxygens (including phenoxy) is 1. The van der Waals surface area contributed by atoms with Crippen molar-refractivity contribution < 1.29 is 14.3 Å². The van der Waals surface area contributed by atoms with Crippen LogP contribution in [0.5, 0.6) is 0 Å². The molecule has 9 heteroatoms. The number of para-hydroxylation sites is 1. The van der Waals surface area contributed by atoms with Crippen molar-refractivity contribution in [2.45, 2.75) is 13.5 Å². The highest BCUT2D eigenvalue weighted by Crippen LogP contribution is 2.27. The summed E-state index contributed by atoms with van der Waals surface area (Å²) in [5.74, 6) is 0. The second kappa shape index (κ2) is 9.27. The number of carbonyl (C=O) groups is 2. The molecular formula is C23H28N6O3. The number of piperazine rings is 1. The zero-order valence-electron chi connectivity index (χ0n) is 18.6. The lowest BCUT2D eigenvalue weighted by Crippen LogP contribution is -2.48. The highest BCUT2D eigenvalue weighted by atomic mass is 16.5. The Kier molecular flexibility index (Phi) is 6.27. The number of pyridine rings is 1. The first-order valence-corrected chi connectivity index (χ1v) is 10.6. The molecule has 3 aromatic rings. The molecule has 9 nitrogen and oxygen atoms in total. The molecule has 0 aliphatic carbocycles. The van der Waals surface area contributed by atoms with Crippen molar-refractivity contribution in [2.24, 2.45) is 7.05 Å². The molecule has 168 valence electrons. The number of amides is 3. The van der Waals surface area contributed by atoms with E-state index >= 15 is 0 Å². The number of urea groups is 1. The van der Waals surface area contributed by atoms with Crippen LogP contribution in [0.3, 0.4) is 0 Å². The highest BCUT2D eigenvalue weighted by molar-refractivity contribution is 6.05. The Morgan fingerprint density at radius 1 is 1.09 bits per heavy atom. The minimum Gasteiger partial charge on any atom is -0.453 e. The molecule has 1 fully saturated rings. The standard InChI is InChI=1S/C23H28N6O3/c1-16-7-8-18(14-24-16)25-22(30)26-20-6-4-5-17-13-19(27(2)21(17)20)15-28-9-11-29(12-10-28)23(31)32-3/h4-8,13-14H,9-12,15H2,1-3H3,(H2,25,26,30). The van der Waals surface area contributed by atoms with Crippen molar-refractivity contribution in [1.82, 2.24) is 19.4 Å². The first kappa shape index (κ1) is 21.6. The smallest absolute Gasteiger partial charge is 0.409 e. The van der Waals surface area contributed by atoms with E-state index in [1.54, 1.807) is 11.1 Å². The van der Waals surface area contributed by atoms with E-state index in [4.69, 9.17) is 4.74 Å². The SMILES string of the molecule is COC(=O)N1CCN(Cc2cc3cccc(NC(=O)Nc4ccc(C)nc4)c3n2C)CC1. The molecule has 3 amide bonds. The summed E-state index contributed by atoms with van der Waals surface area (Å²) in [6.45, 7) is 5.54. The number of nitrogens with zero attached hydrogens (tertiary/aromatic N) is 4. The third kappa shape index (κ3) is 4.67. The number of aromatic nitrogens is 2. The number of hydrogen-bond donors (Lipinski definition) is 2. The van der Waals surface area contributed by atoms with Gasteiger partial charge in [-0.25, -0.2) is 9.59 Å². The van der Waals surface area contributed by atoms with Gasteiger partial charge in [-0.3, -0.25) is 9.88 Å². The van der Waals surface area contributed by atoms with Crippen LogP contribution in [-0.2, 0) is 18.3 Å². The second-order valence-corrected chi connectivity index (χ2v) is 7.94. The lowest BCUT2D eigenvalue weighted by molar-refractivity contribution is 0.0882. The quantitative estimate of drug-likeness (QED) is 0.654. The van der Waals surface area contributed by atoms with Gasteiger partial charge in [0, 0.05) is 56.5 Å². The highest BCUT2D eigenvalue weighted by Gasteiger charge is 2.22. The number of hydrogen-bond acceptors (Lipinski definition) is 5. The topological polar surface area (TPSA) is 91.7 Å². The molecule has 3 heterocycles. The minimum atomic E-state index is -0.315. The van der Waals surface area contributed by atoms with Crippen molar-refractivity contribution >= 4 is 34.4 Å². The summed E-state index contributed by atoms with van der Waals surface area (Å²) in [6.07, 6.45) is 1.36. The number of anilines is 2. The van der Waals surface area contributed by atoms with Crippen LogP contribution in [0.2, 0.25) is 0 Å². The van der Waals surface area contributed by atoms with Crippen LogP contribution in [0.1, 0.15) is 11.4 Å². The first-order valence-electron chi connectivity index (χ1n) is 10.6. The van der Waals surface area contributed by atoms with Gasteiger partial charge in [-0.15, -0.1) is 0 Å². The molecule has 1 aliphatic heterocycles. The molecule has 0 spiro atoms. The van der Waals surface area contributed by atoms with E-state index in [-0.39, 0.29) is 12.1 Å². The molecule has 1 aromatic carbocycles. The number of rotatable bonds is 4. The number of carbonyl (C=O) groups excluding carboxylic acids is 2. The zero-order chi connectivity index (χ0) is 22.7. The Morgan fingerprint density at radius 3 is 2.56 bits per heavy atom. The number of nitrogens with one attached hydrogen (secondary N) is 2. The average Bonchev–Trinajstić information content (AvgIpc) is 3.11. The Bertz CT molecular complexity index is 1120. The first-order chi connectivity index (χ1) is 15.4. The molecule has 0 unspecified atom stereocenters. The second-order valence-electron chi connectivity index (χ2n) is 7.94. The molecule has 32 heavy (non-hydrogen) atoms. The van der Waals surface area contributed by atoms with Gasteiger partial charge in [-0.05, 0) is 31.2 Å². The van der Waals surface area contributed by atoms with E-state index in [9.17, 15) is 9.59 Å². The van der Waals surface area contributed by atoms with Crippen LogP contribution >= 0.6 is 0 Å². The predicted molar refractivity (Wildman–Crippen MR) is 124 cm³/mol. The summed E-state index contributed by atoms with van der Waals surface area (Å²) in [4.78, 5) is 32.5. The van der Waals surface area contributed by atoms with Crippen LogP contribution < -0.4 is 10.6 Å². The minimum absolute atomic E-state index is 0.273. The van der Waals surface area contributed by atoms with Crippen molar-refractivity contribution in [3.05, 3.63) is 54.0 Å². The lowest BCUT2D eigenvalue weighted by Gasteiger charge is -2.33. The van der Waals surface area contributed by atoms with Gasteiger partial charge in [0.15, 0.2) is 0 Å². The fourth-order valence-electron chi connectivity index (χ4n) is 4.00. The summed E-state index contributed by atoms with van der Waals surface area (Å²) < 4.78 is 6.93. The Morgan fingerprint density at radius 2 is 1.88 bits per heavy atom. The van der Waals surface area contributed by atoms with Gasteiger partial charge in [-0.1, -0.05) is 12.1 Å². The molecule has 1 aliphatic rings. The molecule has 2 aromatic heterocycles. The van der Waals surface area contributed by atoms with Crippen LogP contribution in [0, 0.1) is 6.92 Å². The monoisotopic (exact) mass is 436 g/mol. The number of aryl methyl sites for hydroxylation is 2. The van der Waals surface area contributed by atoms with Gasteiger partial charge in [-0.2, -0.15) is 0 Å². The third-order valence-corrected chi connectivity index (χ3v) is 5.76. The van der Waals surface area contributed by atoms with Gasteiger partial charge in [0.1, 0.15) is 0 Å². The van der Waals surface area contributed by atoms with Crippen molar-refractivity contribution in [3.63, 3.8) is 0 Å². The summed E-state index contributed by atoms with van der Waals surface area (Å²) in [6, 6.07) is 11.4. The van der Waals surface area contributed by atoms with E-state index in [2.05, 4.69) is 31.2 Å². The van der Waals surface area contributed by atoms with Gasteiger partial charge >= 0.3 is 12.1 Å². The van der Waals surface area contributed by atoms with E-state index < -0.39 is 0 Å². The van der Waals surface area contributed by atoms with E-state index in [0.717, 1.165) is 47.6 Å². The molecule has 4 rings (SSSR count). The van der Waals surface area contributed by atoms with Crippen molar-refractivity contribution in [2.75, 3.05) is 43.9 Å². The number of benzene rings is 1. The largest absolute Gasteiger partial charge is 0.453 e. The normalized spacial score (nSPS) is 14.4. The molecule has 2 N–H and O–H groups in total. The third-order valence-electron chi connectivity index (χ3n) is 5.76. The van der Waals surface area contributed by atoms with E-state index in [0.29, 0.717) is 18.8 Å². The van der Waals surface area contributed by atoms with Crippen LogP contribution in [0.25, 0.3) is 10.9 Å². The zero-order valence-corrected chi connectivity index (χ0v) is 18.6. The van der Waals surface area contributed by atoms with E-state index in [1.807, 2.05) is 44.3 Å². The molecule has 0 bridgehead atoms. The lowest BCUT2D eigenvalue weighted by atomic mass is 10.2. The summed E-state index contributed by atoms with van der Waals surface area (Å²) >= 11 is 0. The summed E-state index contributed by atoms with van der Waals surface area (Å²) in [5, 5.41) is 6.84. The summed E-state index contributed by atoms with van der Waals surface area (Å²) in [7, 11) is 3.42. The molecule has 0 saturated carbocycles. The van der Waals surface area contributed by atoms with Crippen LogP contribution in [0.4, 0.5) is 21.0 Å². The predicted octanol–water partition coefficient (Wildman–Crippen LogP) is 3.41. The summed E-state index contributed by atoms with van der Waals surface area (Å²) in [5.41, 5.74) is 4.38. The number of methoxy groups -OCH3 is 1. The van der Waals surface area contributed by atoms with Crippen molar-refractivity contribution in [3.8, 4) is 0 Å². The van der Waals surface area contributed by atoms with E-state index in [1.165, 1.54) is 7.11 Å². The fourth-order valence-corrected chi connectivity index (χ4v) is 4.00. The number of fused-ring (bicyclic) bond motifs is 1. The van der Waals surface area contributed by atoms with Gasteiger partial charge in [0.2, 0.25) is 0 Å². The van der Waals surface area contributed by atoms with Gasteiger partial charge in [0.05, 0.1) is 30.2 Å².